The minimum atomic E-state index is -0.141. The van der Waals surface area contributed by atoms with Gasteiger partial charge in [0.25, 0.3) is 0 Å². The molecule has 2 aromatic carbocycles. The van der Waals surface area contributed by atoms with Gasteiger partial charge in [0.2, 0.25) is 0 Å². The summed E-state index contributed by atoms with van der Waals surface area (Å²) >= 11 is 6.09. The van der Waals surface area contributed by atoms with E-state index in [0.717, 1.165) is 29.0 Å². The van der Waals surface area contributed by atoms with Gasteiger partial charge in [0.1, 0.15) is 0 Å². The van der Waals surface area contributed by atoms with E-state index in [0.29, 0.717) is 13.2 Å². The molecule has 0 radical (unpaired) electrons. The molecule has 3 nitrogen and oxygen atoms in total. The predicted molar refractivity (Wildman–Crippen MR) is 113 cm³/mol. The third kappa shape index (κ3) is 6.85. The average molecular weight is 386 g/mol. The molecule has 2 atom stereocenters. The first-order chi connectivity index (χ1) is 13.0. The molecular weight excluding hydrogens is 358 g/mol. The topological polar surface area (TPSA) is 38.3 Å². The Balaban J connectivity index is 2.05. The van der Waals surface area contributed by atoms with Gasteiger partial charge in [0, 0.05) is 17.6 Å². The average Bonchev–Trinajstić information content (AvgIpc) is 2.66. The lowest BCUT2D eigenvalue weighted by molar-refractivity contribution is -0.147. The van der Waals surface area contributed by atoms with Gasteiger partial charge < -0.3 is 10.1 Å². The van der Waals surface area contributed by atoms with Crippen LogP contribution < -0.4 is 5.32 Å². The monoisotopic (exact) mass is 385 g/mol. The quantitative estimate of drug-likeness (QED) is 0.446. The molecule has 0 bridgehead atoms. The number of esters is 1. The molecule has 2 rings (SSSR count). The van der Waals surface area contributed by atoms with Crippen molar-refractivity contribution >= 4 is 17.6 Å². The second-order valence-electron chi connectivity index (χ2n) is 6.69. The lowest BCUT2D eigenvalue weighted by Crippen LogP contribution is -2.34. The van der Waals surface area contributed by atoms with Gasteiger partial charge in [-0.25, -0.2) is 0 Å². The first kappa shape index (κ1) is 21.2. The van der Waals surface area contributed by atoms with Crippen LogP contribution in [0.15, 0.2) is 61.2 Å². The summed E-state index contributed by atoms with van der Waals surface area (Å²) in [5.74, 6) is -0.280. The predicted octanol–water partition coefficient (Wildman–Crippen LogP) is 5.28. The first-order valence-corrected chi connectivity index (χ1v) is 9.77. The van der Waals surface area contributed by atoms with Crippen molar-refractivity contribution in [3.8, 4) is 11.1 Å². The SMILES string of the molecule is C=CCN[C@H](Cc1ccc(-c2cccc(Cl)c2)cc1)CC(C)C(=O)OCC. The fourth-order valence-corrected chi connectivity index (χ4v) is 3.27. The molecule has 0 fully saturated rings. The van der Waals surface area contributed by atoms with Crippen molar-refractivity contribution in [1.82, 2.24) is 5.32 Å². The number of ether oxygens (including phenoxy) is 1. The Morgan fingerprint density at radius 3 is 2.59 bits per heavy atom. The van der Waals surface area contributed by atoms with E-state index in [1.54, 1.807) is 0 Å². The van der Waals surface area contributed by atoms with Crippen LogP contribution >= 0.6 is 11.6 Å². The molecule has 2 aromatic rings. The van der Waals surface area contributed by atoms with E-state index in [2.05, 4.69) is 42.2 Å². The Morgan fingerprint density at radius 2 is 1.96 bits per heavy atom. The molecule has 0 spiro atoms. The summed E-state index contributed by atoms with van der Waals surface area (Å²) in [6, 6.07) is 16.5. The third-order valence-electron chi connectivity index (χ3n) is 4.47. The van der Waals surface area contributed by atoms with Gasteiger partial charge >= 0.3 is 5.97 Å². The number of carbonyl (C=O) groups excluding carboxylic acids is 1. The lowest BCUT2D eigenvalue weighted by Gasteiger charge is -2.21. The fourth-order valence-electron chi connectivity index (χ4n) is 3.08. The smallest absolute Gasteiger partial charge is 0.308 e. The van der Waals surface area contributed by atoms with Crippen LogP contribution in [0.2, 0.25) is 5.02 Å². The van der Waals surface area contributed by atoms with E-state index in [1.807, 2.05) is 38.1 Å². The Bertz CT molecular complexity index is 742. The van der Waals surface area contributed by atoms with Crippen molar-refractivity contribution < 1.29 is 9.53 Å². The maximum Gasteiger partial charge on any atom is 0.308 e. The van der Waals surface area contributed by atoms with E-state index >= 15 is 0 Å². The molecule has 27 heavy (non-hydrogen) atoms. The lowest BCUT2D eigenvalue weighted by atomic mass is 9.95. The van der Waals surface area contributed by atoms with E-state index in [9.17, 15) is 4.79 Å². The van der Waals surface area contributed by atoms with E-state index in [1.165, 1.54) is 5.56 Å². The largest absolute Gasteiger partial charge is 0.466 e. The third-order valence-corrected chi connectivity index (χ3v) is 4.71. The van der Waals surface area contributed by atoms with Crippen molar-refractivity contribution in [1.29, 1.82) is 0 Å². The number of halogens is 1. The van der Waals surface area contributed by atoms with Crippen molar-refractivity contribution in [2.75, 3.05) is 13.2 Å². The van der Waals surface area contributed by atoms with Gasteiger partial charge in [-0.3, -0.25) is 4.79 Å². The summed E-state index contributed by atoms with van der Waals surface area (Å²) in [4.78, 5) is 12.0. The summed E-state index contributed by atoms with van der Waals surface area (Å²) in [7, 11) is 0. The van der Waals surface area contributed by atoms with Crippen molar-refractivity contribution in [2.24, 2.45) is 5.92 Å². The summed E-state index contributed by atoms with van der Waals surface area (Å²) in [5, 5.41) is 4.19. The normalized spacial score (nSPS) is 13.0. The number of hydrogen-bond acceptors (Lipinski definition) is 3. The second-order valence-corrected chi connectivity index (χ2v) is 7.13. The molecule has 0 saturated carbocycles. The number of carbonyl (C=O) groups is 1. The van der Waals surface area contributed by atoms with Crippen LogP contribution in [0.1, 0.15) is 25.8 Å². The van der Waals surface area contributed by atoms with Gasteiger partial charge in [0.05, 0.1) is 12.5 Å². The van der Waals surface area contributed by atoms with E-state index < -0.39 is 0 Å². The molecule has 1 unspecified atom stereocenters. The highest BCUT2D eigenvalue weighted by Crippen LogP contribution is 2.23. The molecular formula is C23H28ClNO2. The highest BCUT2D eigenvalue weighted by atomic mass is 35.5. The molecule has 1 N–H and O–H groups in total. The number of benzene rings is 2. The van der Waals surface area contributed by atoms with Crippen LogP contribution in [0.3, 0.4) is 0 Å². The fraction of sp³-hybridized carbons (Fsp3) is 0.348. The molecule has 4 heteroatoms. The molecule has 0 heterocycles. The maximum atomic E-state index is 12.0. The van der Waals surface area contributed by atoms with Crippen molar-refractivity contribution in [3.63, 3.8) is 0 Å². The highest BCUT2D eigenvalue weighted by molar-refractivity contribution is 6.30. The molecule has 0 aliphatic carbocycles. The Kier molecular flexibility index (Phi) is 8.56. The zero-order chi connectivity index (χ0) is 19.6. The van der Waals surface area contributed by atoms with Crippen LogP contribution in [0.25, 0.3) is 11.1 Å². The second kappa shape index (κ2) is 10.9. The summed E-state index contributed by atoms with van der Waals surface area (Å²) in [6.07, 6.45) is 3.40. The van der Waals surface area contributed by atoms with E-state index in [-0.39, 0.29) is 17.9 Å². The molecule has 0 aliphatic rings. The first-order valence-electron chi connectivity index (χ1n) is 9.39. The van der Waals surface area contributed by atoms with Gasteiger partial charge in [-0.1, -0.05) is 61.0 Å². The Hall–Kier alpha value is -2.10. The van der Waals surface area contributed by atoms with Crippen LogP contribution in [0, 0.1) is 5.92 Å². The molecule has 0 amide bonds. The molecule has 144 valence electrons. The Morgan fingerprint density at radius 1 is 1.22 bits per heavy atom. The van der Waals surface area contributed by atoms with Crippen molar-refractivity contribution in [3.05, 3.63) is 71.8 Å². The number of nitrogens with one attached hydrogen (secondary N) is 1. The van der Waals surface area contributed by atoms with Gasteiger partial charge in [-0.15, -0.1) is 6.58 Å². The standard InChI is InChI=1S/C23H28ClNO2/c1-4-13-25-22(14-17(3)23(26)27-5-2)15-18-9-11-19(12-10-18)20-7-6-8-21(24)16-20/h4,6-12,16-17,22,25H,1,5,13-15H2,2-3H3/t17?,22-/m0/s1. The molecule has 0 aromatic heterocycles. The molecule has 0 saturated heterocycles. The number of hydrogen-bond donors (Lipinski definition) is 1. The minimum absolute atomic E-state index is 0.140. The van der Waals surface area contributed by atoms with E-state index in [4.69, 9.17) is 16.3 Å². The minimum Gasteiger partial charge on any atom is -0.466 e. The van der Waals surface area contributed by atoms with Gasteiger partial charge in [0.15, 0.2) is 0 Å². The van der Waals surface area contributed by atoms with Crippen LogP contribution in [0.5, 0.6) is 0 Å². The van der Waals surface area contributed by atoms with Crippen LogP contribution in [0.4, 0.5) is 0 Å². The van der Waals surface area contributed by atoms with Crippen LogP contribution in [-0.4, -0.2) is 25.2 Å². The summed E-state index contributed by atoms with van der Waals surface area (Å²) in [5.41, 5.74) is 3.46. The molecule has 0 aliphatic heterocycles. The maximum absolute atomic E-state index is 12.0. The highest BCUT2D eigenvalue weighted by Gasteiger charge is 2.20. The number of rotatable bonds is 10. The zero-order valence-electron chi connectivity index (χ0n) is 16.1. The van der Waals surface area contributed by atoms with Gasteiger partial charge in [-0.05, 0) is 48.6 Å². The summed E-state index contributed by atoms with van der Waals surface area (Å²) in [6.45, 7) is 8.65. The van der Waals surface area contributed by atoms with Crippen molar-refractivity contribution in [2.45, 2.75) is 32.7 Å². The summed E-state index contributed by atoms with van der Waals surface area (Å²) < 4.78 is 5.14. The van der Waals surface area contributed by atoms with Crippen LogP contribution in [-0.2, 0) is 16.0 Å². The Labute approximate surface area is 167 Å². The zero-order valence-corrected chi connectivity index (χ0v) is 16.8. The van der Waals surface area contributed by atoms with Gasteiger partial charge in [-0.2, -0.15) is 0 Å².